The molecule has 3 nitrogen and oxygen atoms in total. The quantitative estimate of drug-likeness (QED) is 0.751. The van der Waals surface area contributed by atoms with Crippen LogP contribution >= 0.6 is 0 Å². The molecule has 1 atom stereocenters. The van der Waals surface area contributed by atoms with Crippen molar-refractivity contribution in [2.45, 2.75) is 39.2 Å². The first-order valence-corrected chi connectivity index (χ1v) is 8.24. The van der Waals surface area contributed by atoms with Gasteiger partial charge in [0, 0.05) is 6.54 Å². The summed E-state index contributed by atoms with van der Waals surface area (Å²) in [5.74, 6) is 0.689. The van der Waals surface area contributed by atoms with Gasteiger partial charge in [0.1, 0.15) is 5.75 Å². The van der Waals surface area contributed by atoms with Crippen LogP contribution < -0.4 is 10.1 Å². The summed E-state index contributed by atoms with van der Waals surface area (Å²) in [6.45, 7) is 4.71. The highest BCUT2D eigenvalue weighted by Crippen LogP contribution is 2.12. The second-order valence-electron chi connectivity index (χ2n) is 5.71. The maximum atomic E-state index is 12.2. The van der Waals surface area contributed by atoms with E-state index in [-0.39, 0.29) is 5.91 Å². The Morgan fingerprint density at radius 1 is 1.09 bits per heavy atom. The number of nitrogens with one attached hydrogen (secondary N) is 1. The number of carbonyl (C=O) groups excluding carboxylic acids is 1. The summed E-state index contributed by atoms with van der Waals surface area (Å²) >= 11 is 0. The van der Waals surface area contributed by atoms with Gasteiger partial charge in [-0.2, -0.15) is 0 Å². The second-order valence-corrected chi connectivity index (χ2v) is 5.71. The van der Waals surface area contributed by atoms with E-state index >= 15 is 0 Å². The van der Waals surface area contributed by atoms with E-state index in [2.05, 4.69) is 36.5 Å². The van der Waals surface area contributed by atoms with Crippen LogP contribution in [-0.4, -0.2) is 18.6 Å². The van der Waals surface area contributed by atoms with Crippen LogP contribution in [0, 0.1) is 6.92 Å². The van der Waals surface area contributed by atoms with Crippen molar-refractivity contribution in [3.63, 3.8) is 0 Å². The number of rotatable bonds is 8. The molecule has 1 amide bonds. The fourth-order valence-electron chi connectivity index (χ4n) is 2.36. The van der Waals surface area contributed by atoms with Crippen molar-refractivity contribution >= 4 is 5.91 Å². The maximum absolute atomic E-state index is 12.2. The van der Waals surface area contributed by atoms with Crippen LogP contribution in [0.3, 0.4) is 0 Å². The van der Waals surface area contributed by atoms with Gasteiger partial charge in [0.2, 0.25) is 0 Å². The van der Waals surface area contributed by atoms with Crippen molar-refractivity contribution in [2.75, 3.05) is 6.54 Å². The van der Waals surface area contributed by atoms with Gasteiger partial charge in [-0.05, 0) is 43.9 Å². The molecule has 0 unspecified atom stereocenters. The summed E-state index contributed by atoms with van der Waals surface area (Å²) in [6.07, 6.45) is 2.11. The zero-order chi connectivity index (χ0) is 16.5. The molecular formula is C20H25NO2. The van der Waals surface area contributed by atoms with Crippen molar-refractivity contribution in [3.8, 4) is 5.75 Å². The van der Waals surface area contributed by atoms with E-state index in [4.69, 9.17) is 4.74 Å². The van der Waals surface area contributed by atoms with E-state index in [1.54, 1.807) is 0 Å². The summed E-state index contributed by atoms with van der Waals surface area (Å²) < 4.78 is 5.74. The predicted molar refractivity (Wildman–Crippen MR) is 93.7 cm³/mol. The lowest BCUT2D eigenvalue weighted by molar-refractivity contribution is -0.128. The minimum atomic E-state index is -0.434. The Morgan fingerprint density at radius 3 is 2.43 bits per heavy atom. The maximum Gasteiger partial charge on any atom is 0.261 e. The van der Waals surface area contributed by atoms with E-state index in [9.17, 15) is 4.79 Å². The summed E-state index contributed by atoms with van der Waals surface area (Å²) in [6, 6.07) is 18.0. The Kier molecular flexibility index (Phi) is 6.67. The van der Waals surface area contributed by atoms with Crippen molar-refractivity contribution in [3.05, 3.63) is 65.7 Å². The van der Waals surface area contributed by atoms with Crippen LogP contribution in [0.15, 0.2) is 54.6 Å². The first-order chi connectivity index (χ1) is 11.2. The molecule has 1 N–H and O–H groups in total. The smallest absolute Gasteiger partial charge is 0.261 e. The van der Waals surface area contributed by atoms with Gasteiger partial charge in [-0.15, -0.1) is 0 Å². The number of aryl methyl sites for hydroxylation is 2. The first-order valence-electron chi connectivity index (χ1n) is 8.24. The SMILES string of the molecule is CC[C@H](Oc1ccccc1)C(=O)NCCCc1ccc(C)cc1. The van der Waals surface area contributed by atoms with Gasteiger partial charge >= 0.3 is 0 Å². The minimum absolute atomic E-state index is 0.0414. The molecule has 0 saturated carbocycles. The van der Waals surface area contributed by atoms with Crippen LogP contribution in [0.1, 0.15) is 30.9 Å². The molecule has 0 aliphatic carbocycles. The summed E-state index contributed by atoms with van der Waals surface area (Å²) in [5, 5.41) is 2.97. The molecule has 0 heterocycles. The number of hydrogen-bond acceptors (Lipinski definition) is 2. The molecule has 0 spiro atoms. The van der Waals surface area contributed by atoms with Crippen molar-refractivity contribution in [1.82, 2.24) is 5.32 Å². The monoisotopic (exact) mass is 311 g/mol. The Morgan fingerprint density at radius 2 is 1.78 bits per heavy atom. The van der Waals surface area contributed by atoms with Gasteiger partial charge in [-0.25, -0.2) is 0 Å². The van der Waals surface area contributed by atoms with E-state index in [0.29, 0.717) is 13.0 Å². The molecule has 3 heteroatoms. The summed E-state index contributed by atoms with van der Waals surface area (Å²) in [4.78, 5) is 12.2. The van der Waals surface area contributed by atoms with Crippen molar-refractivity contribution in [2.24, 2.45) is 0 Å². The third-order valence-corrected chi connectivity index (χ3v) is 3.75. The predicted octanol–water partition coefficient (Wildman–Crippen LogP) is 3.90. The van der Waals surface area contributed by atoms with Gasteiger partial charge in [-0.3, -0.25) is 4.79 Å². The minimum Gasteiger partial charge on any atom is -0.481 e. The molecule has 2 aromatic rings. The lowest BCUT2D eigenvalue weighted by atomic mass is 10.1. The number of carbonyl (C=O) groups is 1. The van der Waals surface area contributed by atoms with E-state index in [1.165, 1.54) is 11.1 Å². The largest absolute Gasteiger partial charge is 0.481 e. The number of ether oxygens (including phenoxy) is 1. The third-order valence-electron chi connectivity index (χ3n) is 3.75. The van der Waals surface area contributed by atoms with Gasteiger partial charge < -0.3 is 10.1 Å². The third kappa shape index (κ3) is 5.78. The fourth-order valence-corrected chi connectivity index (χ4v) is 2.36. The Bertz CT molecular complexity index is 593. The average molecular weight is 311 g/mol. The average Bonchev–Trinajstić information content (AvgIpc) is 2.59. The van der Waals surface area contributed by atoms with Crippen LogP contribution in [-0.2, 0) is 11.2 Å². The van der Waals surface area contributed by atoms with Gasteiger partial charge in [-0.1, -0.05) is 55.0 Å². The number of para-hydroxylation sites is 1. The summed E-state index contributed by atoms with van der Waals surface area (Å²) in [5.41, 5.74) is 2.57. The van der Waals surface area contributed by atoms with Gasteiger partial charge in [0.25, 0.3) is 5.91 Å². The normalized spacial score (nSPS) is 11.7. The highest BCUT2D eigenvalue weighted by molar-refractivity contribution is 5.81. The molecule has 0 saturated heterocycles. The number of amides is 1. The second kappa shape index (κ2) is 8.99. The van der Waals surface area contributed by atoms with Gasteiger partial charge in [0.05, 0.1) is 0 Å². The molecule has 23 heavy (non-hydrogen) atoms. The van der Waals surface area contributed by atoms with Crippen LogP contribution in [0.5, 0.6) is 5.75 Å². The van der Waals surface area contributed by atoms with Crippen molar-refractivity contribution < 1.29 is 9.53 Å². The molecule has 0 aliphatic heterocycles. The molecule has 122 valence electrons. The molecule has 0 bridgehead atoms. The van der Waals surface area contributed by atoms with E-state index in [1.807, 2.05) is 37.3 Å². The van der Waals surface area contributed by atoms with Crippen molar-refractivity contribution in [1.29, 1.82) is 0 Å². The molecule has 2 aromatic carbocycles. The molecule has 0 aromatic heterocycles. The molecule has 0 fully saturated rings. The highest BCUT2D eigenvalue weighted by atomic mass is 16.5. The molecule has 0 radical (unpaired) electrons. The topological polar surface area (TPSA) is 38.3 Å². The first kappa shape index (κ1) is 17.1. The zero-order valence-corrected chi connectivity index (χ0v) is 13.9. The molecular weight excluding hydrogens is 286 g/mol. The number of hydrogen-bond donors (Lipinski definition) is 1. The highest BCUT2D eigenvalue weighted by Gasteiger charge is 2.17. The Hall–Kier alpha value is -2.29. The van der Waals surface area contributed by atoms with Crippen LogP contribution in [0.4, 0.5) is 0 Å². The van der Waals surface area contributed by atoms with E-state index in [0.717, 1.165) is 18.6 Å². The van der Waals surface area contributed by atoms with Gasteiger partial charge in [0.15, 0.2) is 6.10 Å². The molecule has 0 aliphatic rings. The summed E-state index contributed by atoms with van der Waals surface area (Å²) in [7, 11) is 0. The number of benzene rings is 2. The lowest BCUT2D eigenvalue weighted by Gasteiger charge is -2.17. The molecule has 2 rings (SSSR count). The fraction of sp³-hybridized carbons (Fsp3) is 0.350. The lowest BCUT2D eigenvalue weighted by Crippen LogP contribution is -2.38. The van der Waals surface area contributed by atoms with Crippen LogP contribution in [0.25, 0.3) is 0 Å². The Labute approximate surface area is 138 Å². The van der Waals surface area contributed by atoms with E-state index < -0.39 is 6.10 Å². The standard InChI is InChI=1S/C20H25NO2/c1-3-19(23-18-9-5-4-6-10-18)20(22)21-15-7-8-17-13-11-16(2)12-14-17/h4-6,9-14,19H,3,7-8,15H2,1-2H3,(H,21,22)/t19-/m0/s1. The Balaban J connectivity index is 1.73. The van der Waals surface area contributed by atoms with Crippen LogP contribution in [0.2, 0.25) is 0 Å². The zero-order valence-electron chi connectivity index (χ0n) is 13.9.